The van der Waals surface area contributed by atoms with Gasteiger partial charge in [-0.05, 0) is 51.0 Å². The minimum absolute atomic E-state index is 0.476. The van der Waals surface area contributed by atoms with Gasteiger partial charge in [-0.3, -0.25) is 4.90 Å². The van der Waals surface area contributed by atoms with Crippen molar-refractivity contribution in [2.24, 2.45) is 0 Å². The summed E-state index contributed by atoms with van der Waals surface area (Å²) in [6.45, 7) is 6.68. The van der Waals surface area contributed by atoms with E-state index in [9.17, 15) is 14.7 Å². The molecule has 0 bridgehead atoms. The molecule has 2 aromatic rings. The summed E-state index contributed by atoms with van der Waals surface area (Å²) in [5.41, 5.74) is 1.79. The lowest BCUT2D eigenvalue weighted by molar-refractivity contribution is -0.138. The van der Waals surface area contributed by atoms with Crippen LogP contribution in [-0.2, 0) is 9.53 Å². The molecule has 2 aromatic carbocycles. The van der Waals surface area contributed by atoms with Gasteiger partial charge in [0, 0.05) is 5.69 Å². The summed E-state index contributed by atoms with van der Waals surface area (Å²) >= 11 is 0. The van der Waals surface area contributed by atoms with Crippen LogP contribution in [-0.4, -0.2) is 28.8 Å². The molecule has 1 atom stereocenters. The lowest BCUT2D eigenvalue weighted by Crippen LogP contribution is -2.46. The van der Waals surface area contributed by atoms with Gasteiger partial charge < -0.3 is 9.84 Å². The van der Waals surface area contributed by atoms with Crippen LogP contribution in [0.2, 0.25) is 0 Å². The minimum Gasteiger partial charge on any atom is -0.480 e. The van der Waals surface area contributed by atoms with Gasteiger partial charge in [0.2, 0.25) is 0 Å². The number of aliphatic carboxylic acids is 1. The lowest BCUT2D eigenvalue weighted by Gasteiger charge is -2.30. The molecule has 5 heteroatoms. The number of hydrogen-bond acceptors (Lipinski definition) is 3. The first-order valence-electron chi connectivity index (χ1n) is 8.09. The average Bonchev–Trinajstić information content (AvgIpc) is 2.54. The van der Waals surface area contributed by atoms with Gasteiger partial charge >= 0.3 is 12.1 Å². The second-order valence-corrected chi connectivity index (χ2v) is 6.78. The Morgan fingerprint density at radius 1 is 0.960 bits per heavy atom. The largest absolute Gasteiger partial charge is 0.480 e. The van der Waals surface area contributed by atoms with E-state index >= 15 is 0 Å². The first kappa shape index (κ1) is 18.5. The third-order valence-corrected chi connectivity index (χ3v) is 3.59. The second-order valence-electron chi connectivity index (χ2n) is 6.78. The fraction of sp³-hybridized carbons (Fsp3) is 0.300. The molecule has 0 fully saturated rings. The van der Waals surface area contributed by atoms with Crippen molar-refractivity contribution in [1.82, 2.24) is 0 Å². The van der Waals surface area contributed by atoms with Crippen LogP contribution in [0.1, 0.15) is 27.7 Å². The van der Waals surface area contributed by atoms with E-state index in [2.05, 4.69) is 0 Å². The topological polar surface area (TPSA) is 66.8 Å². The Bertz CT molecular complexity index is 733. The van der Waals surface area contributed by atoms with Crippen LogP contribution in [0.25, 0.3) is 11.1 Å². The number of carbonyl (C=O) groups excluding carboxylic acids is 1. The van der Waals surface area contributed by atoms with Crippen molar-refractivity contribution in [1.29, 1.82) is 0 Å². The van der Waals surface area contributed by atoms with E-state index in [0.29, 0.717) is 5.69 Å². The number of benzene rings is 2. The Morgan fingerprint density at radius 2 is 1.48 bits per heavy atom. The van der Waals surface area contributed by atoms with E-state index in [4.69, 9.17) is 4.74 Å². The molecule has 0 aliphatic carbocycles. The molecule has 0 radical (unpaired) electrons. The van der Waals surface area contributed by atoms with Crippen molar-refractivity contribution in [3.8, 4) is 11.1 Å². The van der Waals surface area contributed by atoms with E-state index in [1.807, 2.05) is 42.5 Å². The molecule has 0 saturated carbocycles. The van der Waals surface area contributed by atoms with Crippen molar-refractivity contribution < 1.29 is 19.4 Å². The zero-order valence-corrected chi connectivity index (χ0v) is 14.9. The van der Waals surface area contributed by atoms with Crippen molar-refractivity contribution in [2.45, 2.75) is 39.3 Å². The van der Waals surface area contributed by atoms with Crippen molar-refractivity contribution >= 4 is 17.7 Å². The van der Waals surface area contributed by atoms with Gasteiger partial charge in [0.05, 0.1) is 0 Å². The van der Waals surface area contributed by atoms with Crippen LogP contribution in [0.5, 0.6) is 0 Å². The summed E-state index contributed by atoms with van der Waals surface area (Å²) < 4.78 is 5.36. The van der Waals surface area contributed by atoms with E-state index in [1.165, 1.54) is 6.92 Å². The Morgan fingerprint density at radius 3 is 1.96 bits per heavy atom. The zero-order valence-electron chi connectivity index (χ0n) is 14.9. The summed E-state index contributed by atoms with van der Waals surface area (Å²) in [7, 11) is 0. The predicted octanol–water partition coefficient (Wildman–Crippen LogP) is 4.57. The van der Waals surface area contributed by atoms with E-state index in [1.54, 1.807) is 32.9 Å². The highest BCUT2D eigenvalue weighted by molar-refractivity contribution is 5.95. The summed E-state index contributed by atoms with van der Waals surface area (Å²) in [5, 5.41) is 9.34. The maximum atomic E-state index is 12.5. The summed E-state index contributed by atoms with van der Waals surface area (Å²) in [6.07, 6.45) is -0.685. The van der Waals surface area contributed by atoms with Crippen LogP contribution < -0.4 is 4.90 Å². The van der Waals surface area contributed by atoms with Crippen LogP contribution in [0.3, 0.4) is 0 Å². The van der Waals surface area contributed by atoms with E-state index in [-0.39, 0.29) is 0 Å². The highest BCUT2D eigenvalue weighted by Gasteiger charge is 2.31. The maximum Gasteiger partial charge on any atom is 0.415 e. The van der Waals surface area contributed by atoms with Gasteiger partial charge in [-0.2, -0.15) is 0 Å². The van der Waals surface area contributed by atoms with Crippen molar-refractivity contribution in [3.63, 3.8) is 0 Å². The van der Waals surface area contributed by atoms with Crippen molar-refractivity contribution in [2.75, 3.05) is 4.90 Å². The Kier molecular flexibility index (Phi) is 5.47. The number of carboxylic acids is 1. The Hall–Kier alpha value is -2.82. The fourth-order valence-corrected chi connectivity index (χ4v) is 2.35. The molecule has 0 aliphatic heterocycles. The number of carboxylic acid groups (broad SMARTS) is 1. The Labute approximate surface area is 147 Å². The lowest BCUT2D eigenvalue weighted by atomic mass is 10.1. The molecule has 132 valence electrons. The number of anilines is 1. The second kappa shape index (κ2) is 7.38. The molecule has 0 saturated heterocycles. The van der Waals surface area contributed by atoms with Gasteiger partial charge in [0.25, 0.3) is 0 Å². The van der Waals surface area contributed by atoms with Gasteiger partial charge in [-0.25, -0.2) is 9.59 Å². The molecule has 0 aliphatic rings. The number of hydrogen-bond donors (Lipinski definition) is 1. The van der Waals surface area contributed by atoms with Gasteiger partial charge in [-0.15, -0.1) is 0 Å². The molecule has 0 heterocycles. The third-order valence-electron chi connectivity index (χ3n) is 3.59. The molecule has 1 amide bonds. The molecule has 25 heavy (non-hydrogen) atoms. The molecule has 0 aromatic heterocycles. The number of amides is 1. The predicted molar refractivity (Wildman–Crippen MR) is 97.7 cm³/mol. The number of ether oxygens (including phenoxy) is 1. The van der Waals surface area contributed by atoms with Gasteiger partial charge in [0.15, 0.2) is 0 Å². The highest BCUT2D eigenvalue weighted by Crippen LogP contribution is 2.25. The normalized spacial score (nSPS) is 12.3. The molecule has 2 rings (SSSR count). The number of rotatable bonds is 4. The van der Waals surface area contributed by atoms with E-state index in [0.717, 1.165) is 16.0 Å². The van der Waals surface area contributed by atoms with E-state index < -0.39 is 23.7 Å². The monoisotopic (exact) mass is 341 g/mol. The average molecular weight is 341 g/mol. The molecule has 0 spiro atoms. The quantitative estimate of drug-likeness (QED) is 0.885. The summed E-state index contributed by atoms with van der Waals surface area (Å²) in [5.74, 6) is -1.10. The van der Waals surface area contributed by atoms with Crippen LogP contribution >= 0.6 is 0 Å². The zero-order chi connectivity index (χ0) is 18.6. The van der Waals surface area contributed by atoms with Crippen LogP contribution in [0.15, 0.2) is 54.6 Å². The standard InChI is InChI=1S/C20H23NO4/c1-14(18(22)23)21(19(24)25-20(2,3)4)17-12-10-16(11-13-17)15-8-6-5-7-9-15/h5-14H,1-4H3,(H,22,23)/t14-/m1/s1. The molecule has 0 unspecified atom stereocenters. The molecular weight excluding hydrogens is 318 g/mol. The van der Waals surface area contributed by atoms with Crippen molar-refractivity contribution in [3.05, 3.63) is 54.6 Å². The minimum atomic E-state index is -1.10. The first-order valence-corrected chi connectivity index (χ1v) is 8.09. The summed E-state index contributed by atoms with van der Waals surface area (Å²) in [6, 6.07) is 15.9. The smallest absolute Gasteiger partial charge is 0.415 e. The summed E-state index contributed by atoms with van der Waals surface area (Å²) in [4.78, 5) is 25.1. The third kappa shape index (κ3) is 4.83. The Balaban J connectivity index is 2.34. The molecular formula is C20H23NO4. The highest BCUT2D eigenvalue weighted by atomic mass is 16.6. The number of nitrogens with zero attached hydrogens (tertiary/aromatic N) is 1. The van der Waals surface area contributed by atoms with Gasteiger partial charge in [-0.1, -0.05) is 42.5 Å². The fourth-order valence-electron chi connectivity index (χ4n) is 2.35. The SMILES string of the molecule is C[C@H](C(=O)O)N(C(=O)OC(C)(C)C)c1ccc(-c2ccccc2)cc1. The van der Waals surface area contributed by atoms with Crippen LogP contribution in [0, 0.1) is 0 Å². The maximum absolute atomic E-state index is 12.5. The molecule has 1 N–H and O–H groups in total. The first-order chi connectivity index (χ1) is 11.7. The number of carbonyl (C=O) groups is 2. The van der Waals surface area contributed by atoms with Crippen LogP contribution in [0.4, 0.5) is 10.5 Å². The van der Waals surface area contributed by atoms with Gasteiger partial charge in [0.1, 0.15) is 11.6 Å². The molecule has 5 nitrogen and oxygen atoms in total.